The monoisotopic (exact) mass is 261 g/mol. The third-order valence-electron chi connectivity index (χ3n) is 3.21. The Bertz CT molecular complexity index is 791. The molecule has 0 aliphatic carbocycles. The van der Waals surface area contributed by atoms with Gasteiger partial charge >= 0.3 is 0 Å². The third-order valence-corrected chi connectivity index (χ3v) is 3.21. The fourth-order valence-corrected chi connectivity index (χ4v) is 2.30. The first-order valence-electron chi connectivity index (χ1n) is 6.36. The van der Waals surface area contributed by atoms with E-state index in [1.165, 1.54) is 0 Å². The Morgan fingerprint density at radius 1 is 0.950 bits per heavy atom. The zero-order chi connectivity index (χ0) is 13.4. The van der Waals surface area contributed by atoms with E-state index in [-0.39, 0.29) is 0 Å². The van der Waals surface area contributed by atoms with Crippen molar-refractivity contribution in [1.82, 2.24) is 4.98 Å². The van der Waals surface area contributed by atoms with Crippen LogP contribution in [0.4, 0.5) is 11.4 Å². The Labute approximate surface area is 115 Å². The summed E-state index contributed by atoms with van der Waals surface area (Å²) in [5, 5.41) is 3.30. The molecule has 0 unspecified atom stereocenters. The zero-order valence-corrected chi connectivity index (χ0v) is 10.6. The first-order valence-corrected chi connectivity index (χ1v) is 6.36. The predicted molar refractivity (Wildman–Crippen MR) is 78.2 cm³/mol. The number of aliphatic imine (C=N–C) groups is 1. The number of benzene rings is 1. The third kappa shape index (κ3) is 1.70. The van der Waals surface area contributed by atoms with Gasteiger partial charge in [-0.2, -0.15) is 0 Å². The topological polar surface area (TPSA) is 50.4 Å². The molecule has 0 bridgehead atoms. The van der Waals surface area contributed by atoms with Crippen molar-refractivity contribution in [2.45, 2.75) is 0 Å². The van der Waals surface area contributed by atoms with Crippen molar-refractivity contribution >= 4 is 17.2 Å². The van der Waals surface area contributed by atoms with Gasteiger partial charge in [-0.1, -0.05) is 18.2 Å². The number of hydrogen-bond donors (Lipinski definition) is 1. The molecule has 4 heteroatoms. The van der Waals surface area contributed by atoms with Crippen LogP contribution >= 0.6 is 0 Å². The van der Waals surface area contributed by atoms with Gasteiger partial charge in [0.1, 0.15) is 0 Å². The molecule has 1 aliphatic rings. The van der Waals surface area contributed by atoms with Crippen molar-refractivity contribution < 1.29 is 4.42 Å². The van der Waals surface area contributed by atoms with Gasteiger partial charge in [-0.15, -0.1) is 0 Å². The maximum atomic E-state index is 5.44. The number of pyridine rings is 1. The highest BCUT2D eigenvalue weighted by Crippen LogP contribution is 2.36. The molecule has 3 aromatic rings. The van der Waals surface area contributed by atoms with Crippen LogP contribution < -0.4 is 5.32 Å². The molecule has 4 rings (SSSR count). The predicted octanol–water partition coefficient (Wildman–Crippen LogP) is 3.85. The van der Waals surface area contributed by atoms with E-state index in [0.29, 0.717) is 11.6 Å². The van der Waals surface area contributed by atoms with E-state index in [0.717, 1.165) is 22.6 Å². The summed E-state index contributed by atoms with van der Waals surface area (Å²) >= 11 is 0. The maximum Gasteiger partial charge on any atom is 0.174 e. The lowest BCUT2D eigenvalue weighted by molar-refractivity contribution is 0.557. The van der Waals surface area contributed by atoms with E-state index in [9.17, 15) is 0 Å². The molecule has 2 aromatic heterocycles. The quantitative estimate of drug-likeness (QED) is 0.724. The lowest BCUT2D eigenvalue weighted by Crippen LogP contribution is -2.12. The second kappa shape index (κ2) is 4.35. The summed E-state index contributed by atoms with van der Waals surface area (Å²) in [6, 6.07) is 15.6. The number of rotatable bonds is 1. The van der Waals surface area contributed by atoms with Crippen LogP contribution in [0.3, 0.4) is 0 Å². The summed E-state index contributed by atoms with van der Waals surface area (Å²) in [5.41, 5.74) is 3.71. The Kier molecular flexibility index (Phi) is 2.39. The standard InChI is InChI=1S/C16H11N3O/c1-2-6-12-11(5-1)15-13(7-3-9-17-15)19-16(18-12)14-8-4-10-20-14/h1-10H,(H,18,19). The summed E-state index contributed by atoms with van der Waals surface area (Å²) in [5.74, 6) is 1.39. The number of furan rings is 1. The molecule has 0 atom stereocenters. The number of nitrogens with zero attached hydrogens (tertiary/aromatic N) is 2. The molecular weight excluding hydrogens is 250 g/mol. The Morgan fingerprint density at radius 2 is 1.90 bits per heavy atom. The van der Waals surface area contributed by atoms with Gasteiger partial charge < -0.3 is 9.73 Å². The lowest BCUT2D eigenvalue weighted by atomic mass is 10.1. The Morgan fingerprint density at radius 3 is 2.80 bits per heavy atom. The van der Waals surface area contributed by atoms with E-state index < -0.39 is 0 Å². The maximum absolute atomic E-state index is 5.44. The molecule has 1 N–H and O–H groups in total. The van der Waals surface area contributed by atoms with Crippen molar-refractivity contribution in [1.29, 1.82) is 0 Å². The van der Waals surface area contributed by atoms with E-state index in [4.69, 9.17) is 4.42 Å². The van der Waals surface area contributed by atoms with Crippen LogP contribution in [0.25, 0.3) is 11.3 Å². The average molecular weight is 261 g/mol. The molecule has 1 aliphatic heterocycles. The number of hydrogen-bond acceptors (Lipinski definition) is 4. The van der Waals surface area contributed by atoms with E-state index in [1.54, 1.807) is 12.5 Å². The molecule has 0 radical (unpaired) electrons. The minimum atomic E-state index is 0.689. The van der Waals surface area contributed by atoms with Crippen LogP contribution in [-0.2, 0) is 0 Å². The molecular formula is C16H11N3O. The van der Waals surface area contributed by atoms with Gasteiger partial charge in [0, 0.05) is 11.8 Å². The molecule has 20 heavy (non-hydrogen) atoms. The van der Waals surface area contributed by atoms with Gasteiger partial charge in [-0.25, -0.2) is 4.99 Å². The summed E-state index contributed by atoms with van der Waals surface area (Å²) in [6.07, 6.45) is 3.43. The highest BCUT2D eigenvalue weighted by Gasteiger charge is 2.18. The fourth-order valence-electron chi connectivity index (χ4n) is 2.30. The van der Waals surface area contributed by atoms with Crippen molar-refractivity contribution in [2.75, 3.05) is 5.32 Å². The van der Waals surface area contributed by atoms with Gasteiger partial charge in [-0.05, 0) is 30.3 Å². The second-order valence-corrected chi connectivity index (χ2v) is 4.48. The summed E-state index contributed by atoms with van der Waals surface area (Å²) in [6.45, 7) is 0. The number of aromatic nitrogens is 1. The van der Waals surface area contributed by atoms with Crippen LogP contribution in [0.5, 0.6) is 0 Å². The highest BCUT2D eigenvalue weighted by atomic mass is 16.3. The van der Waals surface area contributed by atoms with Gasteiger partial charge in [0.05, 0.1) is 23.3 Å². The molecule has 4 nitrogen and oxygen atoms in total. The van der Waals surface area contributed by atoms with Gasteiger partial charge in [-0.3, -0.25) is 4.98 Å². The number of fused-ring (bicyclic) bond motifs is 3. The fraction of sp³-hybridized carbons (Fsp3) is 0. The summed E-state index contributed by atoms with van der Waals surface area (Å²) < 4.78 is 5.44. The average Bonchev–Trinajstić information content (AvgIpc) is 2.97. The first-order chi connectivity index (χ1) is 9.92. The van der Waals surface area contributed by atoms with Crippen LogP contribution in [0.2, 0.25) is 0 Å². The van der Waals surface area contributed by atoms with E-state index in [1.807, 2.05) is 48.5 Å². The summed E-state index contributed by atoms with van der Waals surface area (Å²) in [7, 11) is 0. The minimum Gasteiger partial charge on any atom is -0.461 e. The van der Waals surface area contributed by atoms with Crippen molar-refractivity contribution in [3.05, 3.63) is 66.8 Å². The molecule has 0 saturated heterocycles. The van der Waals surface area contributed by atoms with Crippen LogP contribution in [0.15, 0.2) is 70.4 Å². The summed E-state index contributed by atoms with van der Waals surface area (Å²) in [4.78, 5) is 9.14. The number of anilines is 1. The Balaban J connectivity index is 1.98. The normalized spacial score (nSPS) is 12.7. The number of amidine groups is 1. The van der Waals surface area contributed by atoms with Crippen LogP contribution in [-0.4, -0.2) is 10.8 Å². The van der Waals surface area contributed by atoms with Crippen molar-refractivity contribution in [2.24, 2.45) is 4.99 Å². The first kappa shape index (κ1) is 11.0. The molecule has 0 spiro atoms. The van der Waals surface area contributed by atoms with Gasteiger partial charge in [0.2, 0.25) is 0 Å². The molecule has 1 aromatic carbocycles. The zero-order valence-electron chi connectivity index (χ0n) is 10.6. The smallest absolute Gasteiger partial charge is 0.174 e. The molecule has 3 heterocycles. The number of nitrogens with one attached hydrogen (secondary N) is 1. The largest absolute Gasteiger partial charge is 0.461 e. The molecule has 0 fully saturated rings. The van der Waals surface area contributed by atoms with Gasteiger partial charge in [0.15, 0.2) is 11.6 Å². The molecule has 0 saturated carbocycles. The van der Waals surface area contributed by atoms with E-state index in [2.05, 4.69) is 15.3 Å². The second-order valence-electron chi connectivity index (χ2n) is 4.48. The number of para-hydroxylation sites is 1. The highest BCUT2D eigenvalue weighted by molar-refractivity contribution is 6.11. The molecule has 96 valence electrons. The molecule has 0 amide bonds. The van der Waals surface area contributed by atoms with Crippen LogP contribution in [0, 0.1) is 0 Å². The van der Waals surface area contributed by atoms with Crippen LogP contribution in [0.1, 0.15) is 5.76 Å². The minimum absolute atomic E-state index is 0.689. The van der Waals surface area contributed by atoms with E-state index >= 15 is 0 Å². The van der Waals surface area contributed by atoms with Gasteiger partial charge in [0.25, 0.3) is 0 Å². The van der Waals surface area contributed by atoms with Crippen molar-refractivity contribution in [3.8, 4) is 11.3 Å². The Hall–Kier alpha value is -2.88. The van der Waals surface area contributed by atoms with Crippen molar-refractivity contribution in [3.63, 3.8) is 0 Å². The lowest BCUT2D eigenvalue weighted by Gasteiger charge is -2.07. The SMILES string of the molecule is c1coc(C2=Nc3ccccc3-c3ncccc3N2)c1.